The van der Waals surface area contributed by atoms with Crippen molar-refractivity contribution in [2.24, 2.45) is 11.8 Å². The van der Waals surface area contributed by atoms with Gasteiger partial charge in [0.05, 0.1) is 36.6 Å². The number of ether oxygens (including phenoxy) is 4. The Balaban J connectivity index is 1.69. The summed E-state index contributed by atoms with van der Waals surface area (Å²) < 4.78 is 23.5. The number of nitrogens with zero attached hydrogens (tertiary/aromatic N) is 1. The van der Waals surface area contributed by atoms with Gasteiger partial charge in [0.15, 0.2) is 0 Å². The molecule has 0 aromatic carbocycles. The molecule has 0 aromatic heterocycles. The third kappa shape index (κ3) is 15.0. The quantitative estimate of drug-likeness (QED) is 0.142. The predicted molar refractivity (Wildman–Crippen MR) is 178 cm³/mol. The SMILES string of the molecule is CO[C@@H]([C@@H](C)O)[C@@H](C)OC(C)(C)C[C@H](C)/C=C/C=C(\C)[C@H]1O[C@@H](CNC(=O)CCCCCOC(=O)N2CCNCC2)CC[C@@H]1C. The van der Waals surface area contributed by atoms with Gasteiger partial charge < -0.3 is 39.6 Å². The monoisotopic (exact) mass is 637 g/mol. The largest absolute Gasteiger partial charge is 0.449 e. The minimum absolute atomic E-state index is 0.00306. The number of amides is 2. The lowest BCUT2D eigenvalue weighted by Crippen LogP contribution is -2.46. The van der Waals surface area contributed by atoms with E-state index in [4.69, 9.17) is 18.9 Å². The topological polar surface area (TPSA) is 119 Å². The second-order valence-electron chi connectivity index (χ2n) is 13.7. The van der Waals surface area contributed by atoms with Crippen molar-refractivity contribution in [3.63, 3.8) is 0 Å². The van der Waals surface area contributed by atoms with E-state index in [0.717, 1.165) is 51.6 Å². The number of aliphatic hydroxyl groups is 1. The normalized spacial score (nSPS) is 24.2. The van der Waals surface area contributed by atoms with E-state index in [-0.39, 0.29) is 42.0 Å². The van der Waals surface area contributed by atoms with Crippen molar-refractivity contribution in [3.05, 3.63) is 23.8 Å². The summed E-state index contributed by atoms with van der Waals surface area (Å²) in [6.07, 6.45) is 10.7. The van der Waals surface area contributed by atoms with Crippen LogP contribution < -0.4 is 10.6 Å². The van der Waals surface area contributed by atoms with Crippen molar-refractivity contribution in [2.75, 3.05) is 46.4 Å². The van der Waals surface area contributed by atoms with Gasteiger partial charge in [-0.15, -0.1) is 0 Å². The Morgan fingerprint density at radius 3 is 2.51 bits per heavy atom. The molecule has 0 aromatic rings. The average molecular weight is 638 g/mol. The summed E-state index contributed by atoms with van der Waals surface area (Å²) in [7, 11) is 1.60. The zero-order chi connectivity index (χ0) is 33.4. The van der Waals surface area contributed by atoms with Crippen LogP contribution in [0.5, 0.6) is 0 Å². The molecular formula is C35H63N3O7. The smallest absolute Gasteiger partial charge is 0.409 e. The summed E-state index contributed by atoms with van der Waals surface area (Å²) in [6.45, 7) is 18.3. The van der Waals surface area contributed by atoms with Crippen LogP contribution in [0.4, 0.5) is 4.79 Å². The molecule has 0 saturated carbocycles. The molecular weight excluding hydrogens is 574 g/mol. The van der Waals surface area contributed by atoms with Gasteiger partial charge in [0.2, 0.25) is 5.91 Å². The molecule has 7 atom stereocenters. The Morgan fingerprint density at radius 2 is 1.84 bits per heavy atom. The molecule has 2 fully saturated rings. The predicted octanol–water partition coefficient (Wildman–Crippen LogP) is 5.00. The number of hydrogen-bond donors (Lipinski definition) is 3. The third-order valence-corrected chi connectivity index (χ3v) is 8.75. The number of unbranched alkanes of at least 4 members (excludes halogenated alkanes) is 2. The van der Waals surface area contributed by atoms with Crippen molar-refractivity contribution < 1.29 is 33.6 Å². The lowest BCUT2D eigenvalue weighted by atomic mass is 9.89. The molecule has 45 heavy (non-hydrogen) atoms. The Morgan fingerprint density at radius 1 is 1.13 bits per heavy atom. The first kappa shape index (κ1) is 39.2. The molecule has 3 N–H and O–H groups in total. The van der Waals surface area contributed by atoms with Crippen molar-refractivity contribution in [2.45, 2.75) is 130 Å². The highest BCUT2D eigenvalue weighted by molar-refractivity contribution is 5.75. The van der Waals surface area contributed by atoms with Crippen LogP contribution in [-0.2, 0) is 23.7 Å². The lowest BCUT2D eigenvalue weighted by molar-refractivity contribution is -0.149. The summed E-state index contributed by atoms with van der Waals surface area (Å²) in [5.41, 5.74) is 0.815. The highest BCUT2D eigenvalue weighted by atomic mass is 16.6. The van der Waals surface area contributed by atoms with Gasteiger partial charge in [-0.1, -0.05) is 32.1 Å². The minimum Gasteiger partial charge on any atom is -0.449 e. The lowest BCUT2D eigenvalue weighted by Gasteiger charge is -2.35. The standard InChI is InChI=1S/C35H63N3O7/c1-25(23-35(6,7)45-29(5)33(42-8)28(4)39)13-12-14-26(2)32-27(3)16-17-30(44-32)24-37-31(40)15-10-9-11-22-43-34(41)38-20-18-36-19-21-38/h12-14,25,27-30,32-33,36,39H,9-11,15-24H2,1-8H3,(H,37,40)/b13-12+,26-14+/t25-,27+,28-,29-,30-,32-,33+/m1/s1. The molecule has 2 saturated heterocycles. The first-order valence-corrected chi connectivity index (χ1v) is 17.1. The molecule has 2 heterocycles. The van der Waals surface area contributed by atoms with E-state index >= 15 is 0 Å². The van der Waals surface area contributed by atoms with Gasteiger partial charge in [-0.2, -0.15) is 0 Å². The number of allylic oxidation sites excluding steroid dienone is 3. The van der Waals surface area contributed by atoms with E-state index in [1.54, 1.807) is 18.9 Å². The molecule has 0 bridgehead atoms. The van der Waals surface area contributed by atoms with Crippen molar-refractivity contribution in [1.29, 1.82) is 0 Å². The van der Waals surface area contributed by atoms with E-state index < -0.39 is 6.10 Å². The zero-order valence-electron chi connectivity index (χ0n) is 29.3. The van der Waals surface area contributed by atoms with E-state index in [2.05, 4.69) is 63.5 Å². The second-order valence-corrected chi connectivity index (χ2v) is 13.7. The summed E-state index contributed by atoms with van der Waals surface area (Å²) in [5.74, 6) is 0.751. The average Bonchev–Trinajstić information content (AvgIpc) is 2.98. The molecule has 10 heteroatoms. The fourth-order valence-electron chi connectivity index (χ4n) is 6.43. The Bertz CT molecular complexity index is 932. The molecule has 2 aliphatic rings. The fourth-order valence-corrected chi connectivity index (χ4v) is 6.43. The van der Waals surface area contributed by atoms with Gasteiger partial charge in [0, 0.05) is 46.3 Å². The summed E-state index contributed by atoms with van der Waals surface area (Å²) in [4.78, 5) is 26.2. The first-order chi connectivity index (χ1) is 21.3. The van der Waals surface area contributed by atoms with Crippen molar-refractivity contribution in [1.82, 2.24) is 15.5 Å². The Hall–Kier alpha value is -1.98. The Kier molecular flexibility index (Phi) is 17.7. The maximum absolute atomic E-state index is 12.4. The van der Waals surface area contributed by atoms with Crippen LogP contribution in [0.15, 0.2) is 23.8 Å². The van der Waals surface area contributed by atoms with Gasteiger partial charge in [-0.05, 0) is 90.6 Å². The van der Waals surface area contributed by atoms with Gasteiger partial charge in [-0.3, -0.25) is 4.79 Å². The van der Waals surface area contributed by atoms with Gasteiger partial charge in [0.1, 0.15) is 6.10 Å². The van der Waals surface area contributed by atoms with Crippen LogP contribution in [-0.4, -0.2) is 105 Å². The highest BCUT2D eigenvalue weighted by Crippen LogP contribution is 2.30. The number of carbonyl (C=O) groups is 2. The number of rotatable bonds is 18. The van der Waals surface area contributed by atoms with Crippen LogP contribution in [0.25, 0.3) is 0 Å². The summed E-state index contributed by atoms with van der Waals surface area (Å²) in [6, 6.07) is 0. The third-order valence-electron chi connectivity index (χ3n) is 8.75. The number of piperazine rings is 1. The first-order valence-electron chi connectivity index (χ1n) is 17.1. The van der Waals surface area contributed by atoms with Gasteiger partial charge in [-0.25, -0.2) is 4.79 Å². The summed E-state index contributed by atoms with van der Waals surface area (Å²) in [5, 5.41) is 16.2. The van der Waals surface area contributed by atoms with Crippen molar-refractivity contribution >= 4 is 12.0 Å². The second kappa shape index (κ2) is 20.3. The minimum atomic E-state index is -0.602. The van der Waals surface area contributed by atoms with Crippen LogP contribution in [0.1, 0.15) is 93.4 Å². The van der Waals surface area contributed by atoms with Crippen LogP contribution in [0.3, 0.4) is 0 Å². The molecule has 0 aliphatic carbocycles. The zero-order valence-corrected chi connectivity index (χ0v) is 29.3. The molecule has 2 aliphatic heterocycles. The molecule has 0 spiro atoms. The maximum atomic E-state index is 12.4. The van der Waals surface area contributed by atoms with Gasteiger partial charge >= 0.3 is 6.09 Å². The molecule has 0 radical (unpaired) electrons. The molecule has 2 amide bonds. The van der Waals surface area contributed by atoms with Gasteiger partial charge in [0.25, 0.3) is 0 Å². The molecule has 0 unspecified atom stereocenters. The van der Waals surface area contributed by atoms with E-state index in [1.807, 2.05) is 6.92 Å². The fraction of sp³-hybridized carbons (Fsp3) is 0.829. The molecule has 260 valence electrons. The number of carbonyl (C=O) groups excluding carboxylic acids is 2. The van der Waals surface area contributed by atoms with E-state index in [0.29, 0.717) is 44.5 Å². The molecule has 10 nitrogen and oxygen atoms in total. The summed E-state index contributed by atoms with van der Waals surface area (Å²) >= 11 is 0. The Labute approximate surface area is 272 Å². The number of nitrogens with one attached hydrogen (secondary N) is 2. The maximum Gasteiger partial charge on any atom is 0.409 e. The van der Waals surface area contributed by atoms with Crippen LogP contribution in [0.2, 0.25) is 0 Å². The highest BCUT2D eigenvalue weighted by Gasteiger charge is 2.31. The van der Waals surface area contributed by atoms with Crippen molar-refractivity contribution in [3.8, 4) is 0 Å². The van der Waals surface area contributed by atoms with Crippen LogP contribution in [0, 0.1) is 11.8 Å². The molecule has 2 rings (SSSR count). The van der Waals surface area contributed by atoms with E-state index in [1.165, 1.54) is 5.57 Å². The number of aliphatic hydroxyl groups excluding tert-OH is 1. The van der Waals surface area contributed by atoms with E-state index in [9.17, 15) is 14.7 Å². The number of hydrogen-bond acceptors (Lipinski definition) is 8. The number of methoxy groups -OCH3 is 1. The van der Waals surface area contributed by atoms with Crippen LogP contribution >= 0.6 is 0 Å².